The highest BCUT2D eigenvalue weighted by atomic mass is 16.6. The van der Waals surface area contributed by atoms with Gasteiger partial charge >= 0.3 is 6.09 Å². The number of benzene rings is 1. The molecule has 194 valence electrons. The van der Waals surface area contributed by atoms with Crippen molar-refractivity contribution in [2.75, 3.05) is 42.5 Å². The molecule has 4 fully saturated rings. The fourth-order valence-corrected chi connectivity index (χ4v) is 6.39. The predicted octanol–water partition coefficient (Wildman–Crippen LogP) is 4.73. The maximum Gasteiger partial charge on any atom is 0.416 e. The molecule has 0 unspecified atom stereocenters. The zero-order valence-electron chi connectivity index (χ0n) is 21.3. The molecule has 1 aromatic carbocycles. The van der Waals surface area contributed by atoms with E-state index in [0.717, 1.165) is 62.0 Å². The van der Waals surface area contributed by atoms with E-state index in [2.05, 4.69) is 39.0 Å². The number of anilines is 2. The van der Waals surface area contributed by atoms with Crippen LogP contribution in [0.15, 0.2) is 54.9 Å². The summed E-state index contributed by atoms with van der Waals surface area (Å²) in [6.07, 6.45) is 11.8. The third kappa shape index (κ3) is 4.31. The molecule has 5 heterocycles. The van der Waals surface area contributed by atoms with Crippen molar-refractivity contribution in [2.45, 2.75) is 62.7 Å². The van der Waals surface area contributed by atoms with Crippen molar-refractivity contribution < 1.29 is 14.3 Å². The summed E-state index contributed by atoms with van der Waals surface area (Å²) in [5.41, 5.74) is 1.58. The first kappa shape index (κ1) is 22.9. The molecule has 0 bridgehead atoms. The van der Waals surface area contributed by atoms with Gasteiger partial charge in [0.05, 0.1) is 12.7 Å². The Bertz CT molecular complexity index is 1250. The molecule has 3 saturated heterocycles. The minimum Gasteiger partial charge on any atom is -0.490 e. The number of ether oxygens (including phenoxy) is 2. The van der Waals surface area contributed by atoms with E-state index >= 15 is 0 Å². The molecule has 1 saturated carbocycles. The van der Waals surface area contributed by atoms with Crippen molar-refractivity contribution in [1.29, 1.82) is 0 Å². The zero-order chi connectivity index (χ0) is 24.8. The average molecular weight is 502 g/mol. The van der Waals surface area contributed by atoms with Gasteiger partial charge in [-0.25, -0.2) is 9.78 Å². The van der Waals surface area contributed by atoms with Crippen LogP contribution in [-0.2, 0) is 4.74 Å². The number of carbonyl (C=O) groups is 1. The van der Waals surface area contributed by atoms with E-state index in [9.17, 15) is 4.79 Å². The summed E-state index contributed by atoms with van der Waals surface area (Å²) in [5, 5.41) is 0. The summed E-state index contributed by atoms with van der Waals surface area (Å²) in [6.45, 7) is 4.61. The SMILES string of the molecule is O=C1OC2(CCN(c3ccc(OC4CCN(C5CCC5)CC4)cc3)CC2)CN1c1cnc2ccccn12. The summed E-state index contributed by atoms with van der Waals surface area (Å²) in [5.74, 6) is 1.73. The van der Waals surface area contributed by atoms with Crippen LogP contribution in [0.2, 0.25) is 0 Å². The fourth-order valence-electron chi connectivity index (χ4n) is 6.39. The lowest BCUT2D eigenvalue weighted by molar-refractivity contribution is 0.0366. The minimum absolute atomic E-state index is 0.279. The molecule has 2 aromatic heterocycles. The van der Waals surface area contributed by atoms with Crippen molar-refractivity contribution in [3.8, 4) is 5.75 Å². The Morgan fingerprint density at radius 2 is 1.73 bits per heavy atom. The molecule has 1 spiro atoms. The van der Waals surface area contributed by atoms with Gasteiger partial charge in [-0.2, -0.15) is 0 Å². The number of imidazole rings is 1. The number of likely N-dealkylation sites (tertiary alicyclic amines) is 1. The number of hydrogen-bond donors (Lipinski definition) is 0. The number of fused-ring (bicyclic) bond motifs is 1. The Balaban J connectivity index is 0.941. The topological polar surface area (TPSA) is 62.5 Å². The van der Waals surface area contributed by atoms with Crippen LogP contribution in [0.1, 0.15) is 44.9 Å². The zero-order valence-corrected chi connectivity index (χ0v) is 21.3. The summed E-state index contributed by atoms with van der Waals surface area (Å²) < 4.78 is 14.3. The highest BCUT2D eigenvalue weighted by molar-refractivity contribution is 5.89. The van der Waals surface area contributed by atoms with Crippen molar-refractivity contribution >= 4 is 23.2 Å². The molecule has 8 nitrogen and oxygen atoms in total. The molecule has 7 rings (SSSR count). The van der Waals surface area contributed by atoms with Crippen molar-refractivity contribution in [2.24, 2.45) is 0 Å². The molecule has 4 aliphatic rings. The van der Waals surface area contributed by atoms with E-state index in [-0.39, 0.29) is 6.09 Å². The van der Waals surface area contributed by atoms with Gasteiger partial charge in [-0.1, -0.05) is 12.5 Å². The normalized spacial score (nSPS) is 23.0. The Labute approximate surface area is 217 Å². The number of piperidine rings is 2. The Kier molecular flexibility index (Phi) is 5.72. The van der Waals surface area contributed by atoms with E-state index < -0.39 is 5.60 Å². The molecular weight excluding hydrogens is 466 g/mol. The van der Waals surface area contributed by atoms with Crippen molar-refractivity contribution in [3.63, 3.8) is 0 Å². The number of hydrogen-bond acceptors (Lipinski definition) is 6. The van der Waals surface area contributed by atoms with E-state index in [1.54, 1.807) is 11.1 Å². The maximum absolute atomic E-state index is 12.8. The van der Waals surface area contributed by atoms with Gasteiger partial charge in [-0.3, -0.25) is 9.30 Å². The van der Waals surface area contributed by atoms with E-state index in [0.29, 0.717) is 12.6 Å². The molecule has 3 aromatic rings. The Morgan fingerprint density at radius 3 is 2.46 bits per heavy atom. The number of rotatable bonds is 5. The molecule has 0 atom stereocenters. The number of aromatic nitrogens is 2. The van der Waals surface area contributed by atoms with Crippen LogP contribution in [-0.4, -0.2) is 70.8 Å². The van der Waals surface area contributed by atoms with Gasteiger partial charge in [0, 0.05) is 56.9 Å². The second kappa shape index (κ2) is 9.24. The van der Waals surface area contributed by atoms with Gasteiger partial charge in [0.2, 0.25) is 0 Å². The van der Waals surface area contributed by atoms with Gasteiger partial charge in [0.25, 0.3) is 0 Å². The second-order valence-electron chi connectivity index (χ2n) is 11.1. The highest BCUT2D eigenvalue weighted by Gasteiger charge is 2.48. The minimum atomic E-state index is -0.441. The highest BCUT2D eigenvalue weighted by Crippen LogP contribution is 2.37. The van der Waals surface area contributed by atoms with Gasteiger partial charge in [-0.15, -0.1) is 0 Å². The molecule has 37 heavy (non-hydrogen) atoms. The first-order chi connectivity index (χ1) is 18.2. The third-order valence-corrected chi connectivity index (χ3v) is 8.89. The molecule has 1 amide bonds. The van der Waals surface area contributed by atoms with Crippen LogP contribution in [0.4, 0.5) is 16.3 Å². The van der Waals surface area contributed by atoms with E-state index in [4.69, 9.17) is 9.47 Å². The number of nitrogens with zero attached hydrogens (tertiary/aromatic N) is 5. The summed E-state index contributed by atoms with van der Waals surface area (Å²) in [4.78, 5) is 24.1. The van der Waals surface area contributed by atoms with E-state index in [1.807, 2.05) is 28.8 Å². The van der Waals surface area contributed by atoms with Crippen LogP contribution >= 0.6 is 0 Å². The molecule has 8 heteroatoms. The first-order valence-electron chi connectivity index (χ1n) is 13.8. The van der Waals surface area contributed by atoms with Gasteiger partial charge in [0.1, 0.15) is 28.9 Å². The lowest BCUT2D eigenvalue weighted by atomic mass is 9.90. The quantitative estimate of drug-likeness (QED) is 0.504. The van der Waals surface area contributed by atoms with Crippen molar-refractivity contribution in [1.82, 2.24) is 14.3 Å². The van der Waals surface area contributed by atoms with Crippen LogP contribution in [0.3, 0.4) is 0 Å². The molecule has 0 radical (unpaired) electrons. The van der Waals surface area contributed by atoms with Crippen LogP contribution in [0, 0.1) is 0 Å². The first-order valence-corrected chi connectivity index (χ1v) is 13.8. The molecule has 1 aliphatic carbocycles. The monoisotopic (exact) mass is 501 g/mol. The van der Waals surface area contributed by atoms with Crippen LogP contribution < -0.4 is 14.5 Å². The molecular formula is C29H35N5O3. The lowest BCUT2D eigenvalue weighted by Crippen LogP contribution is -2.47. The Hall–Kier alpha value is -3.26. The molecule has 0 N–H and O–H groups in total. The van der Waals surface area contributed by atoms with E-state index in [1.165, 1.54) is 38.0 Å². The van der Waals surface area contributed by atoms with Crippen LogP contribution in [0.5, 0.6) is 5.75 Å². The maximum atomic E-state index is 12.8. The lowest BCUT2D eigenvalue weighted by Gasteiger charge is -2.41. The smallest absolute Gasteiger partial charge is 0.416 e. The molecule has 3 aliphatic heterocycles. The largest absolute Gasteiger partial charge is 0.490 e. The second-order valence-corrected chi connectivity index (χ2v) is 11.1. The van der Waals surface area contributed by atoms with Crippen LogP contribution in [0.25, 0.3) is 5.65 Å². The number of amides is 1. The summed E-state index contributed by atoms with van der Waals surface area (Å²) >= 11 is 0. The standard InChI is InChI=1S/C29H35N5O3/c35-28-34(27-20-30-26-6-1-2-15-33(26)27)21-29(37-28)13-18-32(19-14-29)23-7-9-24(10-8-23)36-25-11-16-31(17-12-25)22-4-3-5-22/h1-2,6-10,15,20,22,25H,3-5,11-14,16-19,21H2. The average Bonchev–Trinajstić information content (AvgIpc) is 3.46. The van der Waals surface area contributed by atoms with Gasteiger partial charge < -0.3 is 19.3 Å². The third-order valence-electron chi connectivity index (χ3n) is 8.89. The summed E-state index contributed by atoms with van der Waals surface area (Å²) in [7, 11) is 0. The van der Waals surface area contributed by atoms with Gasteiger partial charge in [-0.05, 0) is 62.1 Å². The van der Waals surface area contributed by atoms with Gasteiger partial charge in [0.15, 0.2) is 0 Å². The van der Waals surface area contributed by atoms with Crippen molar-refractivity contribution in [3.05, 3.63) is 54.9 Å². The number of carbonyl (C=O) groups excluding carboxylic acids is 1. The number of pyridine rings is 1. The Morgan fingerprint density at radius 1 is 0.946 bits per heavy atom. The predicted molar refractivity (Wildman–Crippen MR) is 143 cm³/mol. The fraction of sp³-hybridized carbons (Fsp3) is 0.517. The summed E-state index contributed by atoms with van der Waals surface area (Å²) in [6, 6.07) is 15.2.